The van der Waals surface area contributed by atoms with Crippen molar-refractivity contribution in [2.45, 2.75) is 25.2 Å². The number of amides is 2. The van der Waals surface area contributed by atoms with Gasteiger partial charge in [-0.05, 0) is 36.4 Å². The second kappa shape index (κ2) is 8.57. The average molecular weight is 483 g/mol. The lowest BCUT2D eigenvalue weighted by molar-refractivity contribution is -0.145. The summed E-state index contributed by atoms with van der Waals surface area (Å²) in [6.07, 6.45) is -3.57. The number of nitrogens with one attached hydrogen (secondary N) is 1. The Labute approximate surface area is 198 Å². The Kier molecular flexibility index (Phi) is 5.54. The summed E-state index contributed by atoms with van der Waals surface area (Å²) in [4.78, 5) is 37.2. The first kappa shape index (κ1) is 22.6. The molecule has 0 radical (unpaired) electrons. The number of alkyl halides is 3. The number of rotatable bonds is 3. The smallest absolute Gasteiger partial charge is 0.416 e. The molecule has 8 nitrogen and oxygen atoms in total. The average Bonchev–Trinajstić information content (AvgIpc) is 3.16. The molecule has 2 atom stereocenters. The number of benzene rings is 1. The molecule has 1 N–H and O–H groups in total. The molecule has 1 aromatic carbocycles. The van der Waals surface area contributed by atoms with Crippen molar-refractivity contribution in [2.24, 2.45) is 0 Å². The molecule has 4 heterocycles. The highest BCUT2D eigenvalue weighted by Crippen LogP contribution is 2.41. The maximum absolute atomic E-state index is 13.4. The van der Waals surface area contributed by atoms with Crippen LogP contribution in [0.3, 0.4) is 0 Å². The SMILES string of the molecule is CC(=O)O[C@@H]1CN2C[C@@H]1N(C(=O)Nc1ccccn1)c1nc(-c3cccc(C(F)(F)F)c3)ccc12. The van der Waals surface area contributed by atoms with Crippen molar-refractivity contribution < 1.29 is 27.5 Å². The molecule has 0 spiro atoms. The summed E-state index contributed by atoms with van der Waals surface area (Å²) in [5, 5.41) is 2.73. The molecule has 35 heavy (non-hydrogen) atoms. The maximum atomic E-state index is 13.4. The Morgan fingerprint density at radius 1 is 1.09 bits per heavy atom. The molecule has 2 aliphatic heterocycles. The summed E-state index contributed by atoms with van der Waals surface area (Å²) in [6.45, 7) is 2.06. The third kappa shape index (κ3) is 4.36. The highest BCUT2D eigenvalue weighted by atomic mass is 19.4. The Bertz CT molecular complexity index is 1280. The van der Waals surface area contributed by atoms with Crippen molar-refractivity contribution in [2.75, 3.05) is 28.2 Å². The molecule has 1 saturated heterocycles. The molecule has 0 unspecified atom stereocenters. The molecule has 2 aromatic heterocycles. The number of nitrogens with zero attached hydrogens (tertiary/aromatic N) is 4. The minimum atomic E-state index is -4.50. The first-order valence-corrected chi connectivity index (χ1v) is 10.8. The Hall–Kier alpha value is -4.15. The van der Waals surface area contributed by atoms with E-state index in [0.29, 0.717) is 24.6 Å². The second-order valence-electron chi connectivity index (χ2n) is 8.25. The second-order valence-corrected chi connectivity index (χ2v) is 8.25. The first-order chi connectivity index (χ1) is 16.7. The molecule has 0 aliphatic carbocycles. The number of ether oxygens (including phenoxy) is 1. The number of urea groups is 1. The molecule has 0 saturated carbocycles. The minimum absolute atomic E-state index is 0.261. The number of hydrogen-bond donors (Lipinski definition) is 1. The highest BCUT2D eigenvalue weighted by molar-refractivity contribution is 6.04. The maximum Gasteiger partial charge on any atom is 0.416 e. The van der Waals surface area contributed by atoms with Gasteiger partial charge >= 0.3 is 18.2 Å². The molecule has 2 aliphatic rings. The van der Waals surface area contributed by atoms with E-state index in [1.165, 1.54) is 30.2 Å². The Balaban J connectivity index is 1.56. The monoisotopic (exact) mass is 483 g/mol. The minimum Gasteiger partial charge on any atom is -0.458 e. The summed E-state index contributed by atoms with van der Waals surface area (Å²) in [7, 11) is 0. The van der Waals surface area contributed by atoms with Crippen LogP contribution in [0.25, 0.3) is 11.3 Å². The number of carbonyl (C=O) groups is 2. The van der Waals surface area contributed by atoms with E-state index in [-0.39, 0.29) is 17.1 Å². The molecule has 5 rings (SSSR count). The summed E-state index contributed by atoms with van der Waals surface area (Å²) in [6, 6.07) is 12.2. The van der Waals surface area contributed by atoms with Crippen molar-refractivity contribution in [3.8, 4) is 11.3 Å². The van der Waals surface area contributed by atoms with E-state index in [1.807, 2.05) is 4.90 Å². The van der Waals surface area contributed by atoms with Crippen LogP contribution in [-0.2, 0) is 15.7 Å². The third-order valence-electron chi connectivity index (χ3n) is 5.91. The largest absolute Gasteiger partial charge is 0.458 e. The lowest BCUT2D eigenvalue weighted by atomic mass is 10.1. The molecule has 3 aromatic rings. The number of esters is 1. The van der Waals surface area contributed by atoms with Crippen LogP contribution in [0.5, 0.6) is 0 Å². The molecule has 2 amide bonds. The third-order valence-corrected chi connectivity index (χ3v) is 5.91. The lowest BCUT2D eigenvalue weighted by Gasteiger charge is -2.36. The fourth-order valence-corrected chi connectivity index (χ4v) is 4.42. The van der Waals surface area contributed by atoms with Crippen LogP contribution in [0, 0.1) is 0 Å². The van der Waals surface area contributed by atoms with Gasteiger partial charge in [-0.15, -0.1) is 0 Å². The van der Waals surface area contributed by atoms with E-state index >= 15 is 0 Å². The quantitative estimate of drug-likeness (QED) is 0.558. The van der Waals surface area contributed by atoms with Gasteiger partial charge in [-0.2, -0.15) is 13.2 Å². The van der Waals surface area contributed by atoms with Gasteiger partial charge in [-0.1, -0.05) is 18.2 Å². The first-order valence-electron chi connectivity index (χ1n) is 10.8. The number of pyridine rings is 2. The van der Waals surface area contributed by atoms with Crippen LogP contribution < -0.4 is 15.1 Å². The fraction of sp³-hybridized carbons (Fsp3) is 0.250. The standard InChI is InChI=1S/C24H20F3N5O3/c1-14(33)35-20-13-31-12-19(20)32(23(34)30-21-7-2-3-10-28-21)22-18(31)9-8-17(29-22)15-5-4-6-16(11-15)24(25,26)27/h2-11,19-20H,12-13H2,1H3,(H,28,30,34)/t19-,20+/m0/s1. The van der Waals surface area contributed by atoms with E-state index in [4.69, 9.17) is 4.74 Å². The summed E-state index contributed by atoms with van der Waals surface area (Å²) in [5.41, 5.74) is 0.356. The summed E-state index contributed by atoms with van der Waals surface area (Å²) < 4.78 is 45.2. The normalized spacial score (nSPS) is 18.7. The van der Waals surface area contributed by atoms with Crippen LogP contribution in [-0.4, -0.2) is 47.2 Å². The van der Waals surface area contributed by atoms with Crippen LogP contribution in [0.4, 0.5) is 35.3 Å². The molecule has 1 fully saturated rings. The van der Waals surface area contributed by atoms with Gasteiger partial charge in [0.15, 0.2) is 5.82 Å². The zero-order chi connectivity index (χ0) is 24.7. The Morgan fingerprint density at radius 2 is 1.91 bits per heavy atom. The number of fused-ring (bicyclic) bond motifs is 4. The van der Waals surface area contributed by atoms with E-state index in [9.17, 15) is 22.8 Å². The predicted molar refractivity (Wildman–Crippen MR) is 122 cm³/mol. The lowest BCUT2D eigenvalue weighted by Crippen LogP contribution is -2.52. The van der Waals surface area contributed by atoms with Gasteiger partial charge in [0.05, 0.1) is 29.5 Å². The van der Waals surface area contributed by atoms with Gasteiger partial charge in [-0.3, -0.25) is 15.0 Å². The predicted octanol–water partition coefficient (Wildman–Crippen LogP) is 4.33. The van der Waals surface area contributed by atoms with E-state index in [0.717, 1.165) is 12.1 Å². The zero-order valence-corrected chi connectivity index (χ0v) is 18.5. The number of hydrogen-bond acceptors (Lipinski definition) is 6. The van der Waals surface area contributed by atoms with Gasteiger partial charge < -0.3 is 9.64 Å². The van der Waals surface area contributed by atoms with Crippen molar-refractivity contribution in [1.29, 1.82) is 0 Å². The van der Waals surface area contributed by atoms with Gasteiger partial charge in [-0.25, -0.2) is 14.8 Å². The number of halogens is 3. The molecule has 180 valence electrons. The number of aromatic nitrogens is 2. The van der Waals surface area contributed by atoms with Crippen LogP contribution in [0.15, 0.2) is 60.8 Å². The topological polar surface area (TPSA) is 87.7 Å². The zero-order valence-electron chi connectivity index (χ0n) is 18.5. The van der Waals surface area contributed by atoms with Crippen LogP contribution in [0.2, 0.25) is 0 Å². The summed E-state index contributed by atoms with van der Waals surface area (Å²) in [5.74, 6) is 0.104. The van der Waals surface area contributed by atoms with E-state index < -0.39 is 35.9 Å². The molecular weight excluding hydrogens is 463 g/mol. The summed E-state index contributed by atoms with van der Waals surface area (Å²) >= 11 is 0. The van der Waals surface area contributed by atoms with Gasteiger partial charge in [0.25, 0.3) is 0 Å². The van der Waals surface area contributed by atoms with Gasteiger partial charge in [0.2, 0.25) is 0 Å². The van der Waals surface area contributed by atoms with Gasteiger partial charge in [0, 0.05) is 25.2 Å². The molecular formula is C24H20F3N5O3. The molecule has 11 heteroatoms. The van der Waals surface area contributed by atoms with Crippen molar-refractivity contribution in [3.05, 3.63) is 66.4 Å². The van der Waals surface area contributed by atoms with Crippen LogP contribution >= 0.6 is 0 Å². The van der Waals surface area contributed by atoms with Gasteiger partial charge in [0.1, 0.15) is 11.9 Å². The molecule has 2 bridgehead atoms. The van der Waals surface area contributed by atoms with Crippen molar-refractivity contribution in [3.63, 3.8) is 0 Å². The van der Waals surface area contributed by atoms with Crippen molar-refractivity contribution in [1.82, 2.24) is 9.97 Å². The van der Waals surface area contributed by atoms with E-state index in [1.54, 1.807) is 30.3 Å². The van der Waals surface area contributed by atoms with Crippen molar-refractivity contribution >= 4 is 29.3 Å². The number of carbonyl (C=O) groups excluding carboxylic acids is 2. The number of anilines is 3. The highest BCUT2D eigenvalue weighted by Gasteiger charge is 2.48. The fourth-order valence-electron chi connectivity index (χ4n) is 4.42. The Morgan fingerprint density at radius 3 is 2.63 bits per heavy atom. The van der Waals surface area contributed by atoms with E-state index in [2.05, 4.69) is 15.3 Å². The van der Waals surface area contributed by atoms with Crippen LogP contribution in [0.1, 0.15) is 12.5 Å².